The monoisotopic (exact) mass is 458 g/mol. The van der Waals surface area contributed by atoms with E-state index in [-0.39, 0.29) is 24.0 Å². The molecule has 0 radical (unpaired) electrons. The molecule has 1 aliphatic carbocycles. The van der Waals surface area contributed by atoms with Crippen molar-refractivity contribution in [3.63, 3.8) is 0 Å². The quantitative estimate of drug-likeness (QED) is 0.409. The predicted octanol–water partition coefficient (Wildman–Crippen LogP) is 3.09. The molecule has 138 valence electrons. The lowest BCUT2D eigenvalue weighted by molar-refractivity contribution is 0.392. The molecule has 7 nitrogen and oxygen atoms in total. The molecule has 1 fully saturated rings. The number of hydrogen-bond acceptors (Lipinski definition) is 4. The highest BCUT2D eigenvalue weighted by Gasteiger charge is 2.17. The predicted molar refractivity (Wildman–Crippen MR) is 108 cm³/mol. The van der Waals surface area contributed by atoms with Crippen LogP contribution in [0.2, 0.25) is 0 Å². The second-order valence-corrected chi connectivity index (χ2v) is 6.31. The van der Waals surface area contributed by atoms with Crippen LogP contribution in [0.15, 0.2) is 21.8 Å². The summed E-state index contributed by atoms with van der Waals surface area (Å²) in [6.07, 6.45) is 7.21. The first-order valence-electron chi connectivity index (χ1n) is 8.57. The van der Waals surface area contributed by atoms with Crippen molar-refractivity contribution in [1.82, 2.24) is 25.6 Å². The minimum absolute atomic E-state index is 0. The van der Waals surface area contributed by atoms with Crippen LogP contribution in [0.25, 0.3) is 0 Å². The maximum atomic E-state index is 5.18. The molecule has 2 N–H and O–H groups in total. The maximum absolute atomic E-state index is 5.18. The van der Waals surface area contributed by atoms with Gasteiger partial charge in [-0.1, -0.05) is 18.0 Å². The van der Waals surface area contributed by atoms with Gasteiger partial charge in [-0.25, -0.2) is 0 Å². The number of hydrogen-bond donors (Lipinski definition) is 2. The lowest BCUT2D eigenvalue weighted by Crippen LogP contribution is -2.36. The number of aliphatic imine (C=N–C) groups is 1. The SMILES string of the molecule is CN=C(NCc1ccn(C2CCCC2)n1)NCc1c(C)noc1C.I. The first kappa shape index (κ1) is 19.7. The van der Waals surface area contributed by atoms with Crippen LogP contribution in [-0.4, -0.2) is 27.9 Å². The molecule has 1 saturated carbocycles. The Kier molecular flexibility index (Phi) is 7.27. The van der Waals surface area contributed by atoms with Crippen LogP contribution in [0.1, 0.15) is 54.4 Å². The molecule has 0 bridgehead atoms. The van der Waals surface area contributed by atoms with Gasteiger partial charge in [-0.15, -0.1) is 24.0 Å². The van der Waals surface area contributed by atoms with E-state index >= 15 is 0 Å². The molecule has 1 aliphatic rings. The second-order valence-electron chi connectivity index (χ2n) is 6.31. The van der Waals surface area contributed by atoms with Gasteiger partial charge >= 0.3 is 0 Å². The molecule has 0 spiro atoms. The van der Waals surface area contributed by atoms with E-state index in [1.165, 1.54) is 25.7 Å². The molecule has 0 atom stereocenters. The van der Waals surface area contributed by atoms with Crippen molar-refractivity contribution in [2.45, 2.75) is 58.7 Å². The van der Waals surface area contributed by atoms with Crippen LogP contribution in [0.4, 0.5) is 0 Å². The van der Waals surface area contributed by atoms with Crippen molar-refractivity contribution in [1.29, 1.82) is 0 Å². The number of aromatic nitrogens is 3. The highest BCUT2D eigenvalue weighted by atomic mass is 127. The molecular weight excluding hydrogens is 431 g/mol. The molecule has 2 aromatic rings. The number of guanidine groups is 1. The molecule has 0 aliphatic heterocycles. The van der Waals surface area contributed by atoms with Crippen molar-refractivity contribution in [2.24, 2.45) is 4.99 Å². The highest BCUT2D eigenvalue weighted by molar-refractivity contribution is 14.0. The first-order valence-corrected chi connectivity index (χ1v) is 8.57. The van der Waals surface area contributed by atoms with Crippen LogP contribution in [0, 0.1) is 13.8 Å². The summed E-state index contributed by atoms with van der Waals surface area (Å²) >= 11 is 0. The normalized spacial score (nSPS) is 15.2. The lowest BCUT2D eigenvalue weighted by Gasteiger charge is -2.11. The van der Waals surface area contributed by atoms with Crippen molar-refractivity contribution < 1.29 is 4.52 Å². The summed E-state index contributed by atoms with van der Waals surface area (Å²) in [6.45, 7) is 5.15. The van der Waals surface area contributed by atoms with E-state index in [1.807, 2.05) is 13.8 Å². The summed E-state index contributed by atoms with van der Waals surface area (Å²) in [7, 11) is 1.76. The summed E-state index contributed by atoms with van der Waals surface area (Å²) in [6, 6.07) is 2.66. The molecule has 8 heteroatoms. The summed E-state index contributed by atoms with van der Waals surface area (Å²) in [5.74, 6) is 1.58. The van der Waals surface area contributed by atoms with E-state index in [9.17, 15) is 0 Å². The molecular formula is C17H27IN6O. The van der Waals surface area contributed by atoms with E-state index < -0.39 is 0 Å². The van der Waals surface area contributed by atoms with Gasteiger partial charge in [0.15, 0.2) is 5.96 Å². The van der Waals surface area contributed by atoms with Crippen molar-refractivity contribution in [3.05, 3.63) is 35.0 Å². The molecule has 0 unspecified atom stereocenters. The molecule has 2 heterocycles. The average Bonchev–Trinajstić information content (AvgIpc) is 3.31. The van der Waals surface area contributed by atoms with Crippen molar-refractivity contribution in [3.8, 4) is 0 Å². The van der Waals surface area contributed by atoms with Gasteiger partial charge in [-0.3, -0.25) is 9.67 Å². The number of halogens is 1. The molecule has 25 heavy (non-hydrogen) atoms. The second kappa shape index (κ2) is 9.21. The molecule has 3 rings (SSSR count). The zero-order valence-electron chi connectivity index (χ0n) is 15.1. The smallest absolute Gasteiger partial charge is 0.191 e. The van der Waals surface area contributed by atoms with Crippen molar-refractivity contribution in [2.75, 3.05) is 7.05 Å². The summed E-state index contributed by atoms with van der Waals surface area (Å²) < 4.78 is 7.29. The number of nitrogens with one attached hydrogen (secondary N) is 2. The fourth-order valence-electron chi connectivity index (χ4n) is 3.17. The molecule has 0 saturated heterocycles. The van der Waals surface area contributed by atoms with Crippen LogP contribution in [-0.2, 0) is 13.1 Å². The fourth-order valence-corrected chi connectivity index (χ4v) is 3.17. The minimum Gasteiger partial charge on any atom is -0.361 e. The highest BCUT2D eigenvalue weighted by Crippen LogP contribution is 2.28. The average molecular weight is 458 g/mol. The Morgan fingerprint density at radius 2 is 2.00 bits per heavy atom. The Labute approximate surface area is 165 Å². The standard InChI is InChI=1S/C17H26N6O.HI/c1-12-16(13(2)24-22-12)11-20-17(18-3)19-10-14-8-9-23(21-14)15-6-4-5-7-15;/h8-9,15H,4-7,10-11H2,1-3H3,(H2,18,19,20);1H. The van der Waals surface area contributed by atoms with Crippen LogP contribution >= 0.6 is 24.0 Å². The van der Waals surface area contributed by atoms with Crippen molar-refractivity contribution >= 4 is 29.9 Å². The van der Waals surface area contributed by atoms with Gasteiger partial charge in [0.1, 0.15) is 5.76 Å². The molecule has 0 amide bonds. The Hall–Kier alpha value is -1.58. The molecule has 2 aromatic heterocycles. The first-order chi connectivity index (χ1) is 11.7. The largest absolute Gasteiger partial charge is 0.361 e. The van der Waals surface area contributed by atoms with Crippen LogP contribution < -0.4 is 10.6 Å². The summed E-state index contributed by atoms with van der Waals surface area (Å²) in [4.78, 5) is 4.25. The Bertz CT molecular complexity index is 682. The lowest BCUT2D eigenvalue weighted by atomic mass is 10.2. The fraction of sp³-hybridized carbons (Fsp3) is 0.588. The van der Waals surface area contributed by atoms with Gasteiger partial charge in [0.2, 0.25) is 0 Å². The minimum atomic E-state index is 0. The third-order valence-electron chi connectivity index (χ3n) is 4.64. The van der Waals surface area contributed by atoms with Crippen LogP contribution in [0.5, 0.6) is 0 Å². The zero-order valence-corrected chi connectivity index (χ0v) is 17.4. The van der Waals surface area contributed by atoms with Crippen LogP contribution in [0.3, 0.4) is 0 Å². The van der Waals surface area contributed by atoms with Gasteiger partial charge in [0, 0.05) is 25.4 Å². The summed E-state index contributed by atoms with van der Waals surface area (Å²) in [5, 5.41) is 15.2. The zero-order chi connectivity index (χ0) is 16.9. The van der Waals surface area contributed by atoms with Gasteiger partial charge in [0.25, 0.3) is 0 Å². The topological polar surface area (TPSA) is 80.3 Å². The Morgan fingerprint density at radius 1 is 1.28 bits per heavy atom. The third kappa shape index (κ3) is 4.96. The summed E-state index contributed by atoms with van der Waals surface area (Å²) in [5.41, 5.74) is 3.01. The number of nitrogens with zero attached hydrogens (tertiary/aromatic N) is 4. The van der Waals surface area contributed by atoms with Gasteiger partial charge in [-0.2, -0.15) is 5.10 Å². The maximum Gasteiger partial charge on any atom is 0.191 e. The molecule has 0 aromatic carbocycles. The van der Waals surface area contributed by atoms with E-state index in [0.717, 1.165) is 28.7 Å². The Balaban J connectivity index is 0.00000225. The Morgan fingerprint density at radius 3 is 2.64 bits per heavy atom. The van der Waals surface area contributed by atoms with E-state index in [0.29, 0.717) is 19.1 Å². The van der Waals surface area contributed by atoms with E-state index in [1.54, 1.807) is 7.05 Å². The third-order valence-corrected chi connectivity index (χ3v) is 4.64. The number of aryl methyl sites for hydroxylation is 2. The van der Waals surface area contributed by atoms with E-state index in [2.05, 4.69) is 42.8 Å². The van der Waals surface area contributed by atoms with Gasteiger partial charge in [0.05, 0.1) is 24.0 Å². The van der Waals surface area contributed by atoms with E-state index in [4.69, 9.17) is 4.52 Å². The number of rotatable bonds is 5. The van der Waals surface area contributed by atoms with Gasteiger partial charge in [-0.05, 0) is 32.8 Å². The van der Waals surface area contributed by atoms with Gasteiger partial charge < -0.3 is 15.2 Å².